The van der Waals surface area contributed by atoms with E-state index >= 15 is 0 Å². The van der Waals surface area contributed by atoms with Crippen LogP contribution in [0.25, 0.3) is 0 Å². The van der Waals surface area contributed by atoms with Crippen molar-refractivity contribution in [1.29, 1.82) is 0 Å². The van der Waals surface area contributed by atoms with E-state index in [-0.39, 0.29) is 36.1 Å². The lowest BCUT2D eigenvalue weighted by atomic mass is 9.98. The summed E-state index contributed by atoms with van der Waals surface area (Å²) >= 11 is 0. The summed E-state index contributed by atoms with van der Waals surface area (Å²) < 4.78 is 5.84. The van der Waals surface area contributed by atoms with Crippen LogP contribution < -0.4 is 10.2 Å². The molecule has 7 heteroatoms. The quantitative estimate of drug-likeness (QED) is 0.845. The van der Waals surface area contributed by atoms with E-state index in [9.17, 15) is 4.79 Å². The zero-order chi connectivity index (χ0) is 19.4. The van der Waals surface area contributed by atoms with Gasteiger partial charge >= 0.3 is 0 Å². The SMILES string of the molecule is CC1CN(C(C(=O)NC2CCN(c3ncccn3)CC2)C(C)C)CC(C)O1. The molecule has 0 aliphatic carbocycles. The fraction of sp³-hybridized carbons (Fsp3) is 0.750. The third kappa shape index (κ3) is 5.17. The van der Waals surface area contributed by atoms with Gasteiger partial charge in [0.15, 0.2) is 0 Å². The molecule has 27 heavy (non-hydrogen) atoms. The van der Waals surface area contributed by atoms with E-state index in [0.717, 1.165) is 45.0 Å². The van der Waals surface area contributed by atoms with Gasteiger partial charge in [0.05, 0.1) is 18.2 Å². The van der Waals surface area contributed by atoms with Crippen LogP contribution in [0, 0.1) is 5.92 Å². The average molecular weight is 376 g/mol. The van der Waals surface area contributed by atoms with Gasteiger partial charge in [0.2, 0.25) is 11.9 Å². The summed E-state index contributed by atoms with van der Waals surface area (Å²) in [5.41, 5.74) is 0. The maximum Gasteiger partial charge on any atom is 0.237 e. The van der Waals surface area contributed by atoms with Crippen molar-refractivity contribution in [2.24, 2.45) is 5.92 Å². The second-order valence-corrected chi connectivity index (χ2v) is 8.22. The number of ether oxygens (including phenoxy) is 1. The molecule has 0 saturated carbocycles. The van der Waals surface area contributed by atoms with Crippen LogP contribution in [0.5, 0.6) is 0 Å². The highest BCUT2D eigenvalue weighted by molar-refractivity contribution is 5.82. The molecular formula is C20H33N5O2. The molecule has 3 heterocycles. The molecule has 1 aromatic heterocycles. The van der Waals surface area contributed by atoms with Gasteiger partial charge in [-0.15, -0.1) is 0 Å². The number of nitrogens with zero attached hydrogens (tertiary/aromatic N) is 4. The largest absolute Gasteiger partial charge is 0.373 e. The molecule has 1 amide bonds. The molecule has 2 aliphatic heterocycles. The smallest absolute Gasteiger partial charge is 0.237 e. The van der Waals surface area contributed by atoms with Crippen molar-refractivity contribution in [3.8, 4) is 0 Å². The lowest BCUT2D eigenvalue weighted by Crippen LogP contribution is -2.58. The number of carbonyl (C=O) groups is 1. The zero-order valence-corrected chi connectivity index (χ0v) is 17.0. The summed E-state index contributed by atoms with van der Waals surface area (Å²) in [5.74, 6) is 1.19. The number of hydrogen-bond acceptors (Lipinski definition) is 6. The second-order valence-electron chi connectivity index (χ2n) is 8.22. The molecule has 3 atom stereocenters. The summed E-state index contributed by atoms with van der Waals surface area (Å²) in [7, 11) is 0. The van der Waals surface area contributed by atoms with Crippen LogP contribution in [-0.4, -0.2) is 71.2 Å². The highest BCUT2D eigenvalue weighted by Crippen LogP contribution is 2.20. The van der Waals surface area contributed by atoms with E-state index in [1.807, 2.05) is 6.07 Å². The number of nitrogens with one attached hydrogen (secondary N) is 1. The van der Waals surface area contributed by atoms with E-state index < -0.39 is 0 Å². The number of hydrogen-bond donors (Lipinski definition) is 1. The van der Waals surface area contributed by atoms with Gasteiger partial charge in [-0.2, -0.15) is 0 Å². The van der Waals surface area contributed by atoms with Gasteiger partial charge in [-0.3, -0.25) is 9.69 Å². The van der Waals surface area contributed by atoms with Crippen LogP contribution in [0.3, 0.4) is 0 Å². The van der Waals surface area contributed by atoms with E-state index in [2.05, 4.69) is 52.8 Å². The van der Waals surface area contributed by atoms with Crippen LogP contribution in [0.4, 0.5) is 5.95 Å². The van der Waals surface area contributed by atoms with Crippen molar-refractivity contribution in [1.82, 2.24) is 20.2 Å². The number of anilines is 1. The molecule has 3 rings (SSSR count). The fourth-order valence-electron chi connectivity index (χ4n) is 4.30. The van der Waals surface area contributed by atoms with Crippen molar-refractivity contribution < 1.29 is 9.53 Å². The Morgan fingerprint density at radius 3 is 2.30 bits per heavy atom. The fourth-order valence-corrected chi connectivity index (χ4v) is 4.30. The van der Waals surface area contributed by atoms with Gasteiger partial charge < -0.3 is 15.0 Å². The Morgan fingerprint density at radius 1 is 1.15 bits per heavy atom. The van der Waals surface area contributed by atoms with Crippen molar-refractivity contribution in [2.75, 3.05) is 31.1 Å². The van der Waals surface area contributed by atoms with Gasteiger partial charge in [0.1, 0.15) is 0 Å². The molecule has 0 bridgehead atoms. The number of morpholine rings is 1. The van der Waals surface area contributed by atoms with E-state index in [1.165, 1.54) is 0 Å². The Balaban J connectivity index is 1.55. The molecule has 3 unspecified atom stereocenters. The highest BCUT2D eigenvalue weighted by Gasteiger charge is 2.35. The Bertz CT molecular complexity index is 594. The predicted molar refractivity (Wildman–Crippen MR) is 106 cm³/mol. The van der Waals surface area contributed by atoms with E-state index in [4.69, 9.17) is 4.74 Å². The average Bonchev–Trinajstić information content (AvgIpc) is 2.62. The van der Waals surface area contributed by atoms with Crippen molar-refractivity contribution in [2.45, 2.75) is 64.8 Å². The molecule has 0 radical (unpaired) electrons. The maximum atomic E-state index is 13.1. The van der Waals surface area contributed by atoms with Crippen molar-refractivity contribution >= 4 is 11.9 Å². The van der Waals surface area contributed by atoms with Gasteiger partial charge in [0, 0.05) is 44.6 Å². The topological polar surface area (TPSA) is 70.6 Å². The van der Waals surface area contributed by atoms with Gasteiger partial charge in [-0.25, -0.2) is 9.97 Å². The number of piperidine rings is 1. The van der Waals surface area contributed by atoms with Crippen molar-refractivity contribution in [3.63, 3.8) is 0 Å². The first kappa shape index (κ1) is 20.0. The van der Waals surface area contributed by atoms with Crippen LogP contribution >= 0.6 is 0 Å². The summed E-state index contributed by atoms with van der Waals surface area (Å²) in [6.07, 6.45) is 5.71. The molecule has 2 fully saturated rings. The summed E-state index contributed by atoms with van der Waals surface area (Å²) in [4.78, 5) is 26.2. The molecule has 0 spiro atoms. The zero-order valence-electron chi connectivity index (χ0n) is 17.0. The first-order valence-electron chi connectivity index (χ1n) is 10.2. The van der Waals surface area contributed by atoms with Crippen LogP contribution in [0.1, 0.15) is 40.5 Å². The molecular weight excluding hydrogens is 342 g/mol. The Hall–Kier alpha value is -1.73. The lowest BCUT2D eigenvalue weighted by molar-refractivity contribution is -0.136. The predicted octanol–water partition coefficient (Wildman–Crippen LogP) is 1.70. The summed E-state index contributed by atoms with van der Waals surface area (Å²) in [6, 6.07) is 1.94. The maximum absolute atomic E-state index is 13.1. The van der Waals surface area contributed by atoms with E-state index in [1.54, 1.807) is 12.4 Å². The molecule has 7 nitrogen and oxygen atoms in total. The second kappa shape index (κ2) is 8.97. The normalized spacial score (nSPS) is 26.2. The minimum Gasteiger partial charge on any atom is -0.373 e. The van der Waals surface area contributed by atoms with Crippen LogP contribution in [-0.2, 0) is 9.53 Å². The molecule has 0 aromatic carbocycles. The van der Waals surface area contributed by atoms with Gasteiger partial charge in [-0.1, -0.05) is 13.8 Å². The molecule has 1 N–H and O–H groups in total. The lowest BCUT2D eigenvalue weighted by Gasteiger charge is -2.41. The molecule has 2 saturated heterocycles. The Kier molecular flexibility index (Phi) is 6.65. The molecule has 1 aromatic rings. The number of aromatic nitrogens is 2. The first-order chi connectivity index (χ1) is 12.9. The molecule has 2 aliphatic rings. The number of rotatable bonds is 5. The first-order valence-corrected chi connectivity index (χ1v) is 10.2. The third-order valence-electron chi connectivity index (χ3n) is 5.42. The van der Waals surface area contributed by atoms with Crippen LogP contribution in [0.2, 0.25) is 0 Å². The highest BCUT2D eigenvalue weighted by atomic mass is 16.5. The van der Waals surface area contributed by atoms with Crippen LogP contribution in [0.15, 0.2) is 18.5 Å². The summed E-state index contributed by atoms with van der Waals surface area (Å²) in [5, 5.41) is 3.31. The third-order valence-corrected chi connectivity index (χ3v) is 5.42. The van der Waals surface area contributed by atoms with Crippen molar-refractivity contribution in [3.05, 3.63) is 18.5 Å². The number of amides is 1. The summed E-state index contributed by atoms with van der Waals surface area (Å²) in [6.45, 7) is 11.8. The monoisotopic (exact) mass is 375 g/mol. The standard InChI is InChI=1S/C20H33N5O2/c1-14(2)18(25-12-15(3)27-16(4)13-25)19(26)23-17-6-10-24(11-7-17)20-21-8-5-9-22-20/h5,8-9,14-18H,6-7,10-13H2,1-4H3,(H,23,26). The molecule has 150 valence electrons. The number of carbonyl (C=O) groups excluding carboxylic acids is 1. The Labute approximate surface area is 162 Å². The minimum absolute atomic E-state index is 0.103. The van der Waals surface area contributed by atoms with E-state index in [0.29, 0.717) is 0 Å². The van der Waals surface area contributed by atoms with Gasteiger partial charge in [-0.05, 0) is 38.7 Å². The Morgan fingerprint density at radius 2 is 1.74 bits per heavy atom. The minimum atomic E-state index is -0.103. The van der Waals surface area contributed by atoms with Gasteiger partial charge in [0.25, 0.3) is 0 Å².